The van der Waals surface area contributed by atoms with Crippen LogP contribution in [0.5, 0.6) is 0 Å². The van der Waals surface area contributed by atoms with Gasteiger partial charge < -0.3 is 0 Å². The summed E-state index contributed by atoms with van der Waals surface area (Å²) in [5, 5.41) is 0. The lowest BCUT2D eigenvalue weighted by Crippen LogP contribution is -2.02. The van der Waals surface area contributed by atoms with Gasteiger partial charge in [-0.15, -0.1) is 0 Å². The first-order chi connectivity index (χ1) is 8.58. The first kappa shape index (κ1) is 12.5. The van der Waals surface area contributed by atoms with Gasteiger partial charge in [-0.05, 0) is 61.6 Å². The van der Waals surface area contributed by atoms with Gasteiger partial charge in [0.25, 0.3) is 0 Å². The molecule has 0 bridgehead atoms. The average Bonchev–Trinajstić information content (AvgIpc) is 2.28. The quantitative estimate of drug-likeness (QED) is 0.767. The molecule has 2 nitrogen and oxygen atoms in total. The molecule has 0 saturated heterocycles. The zero-order valence-electron chi connectivity index (χ0n) is 11.0. The van der Waals surface area contributed by atoms with Gasteiger partial charge in [0.15, 0.2) is 5.78 Å². The Hall–Kier alpha value is -1.96. The third-order valence-electron chi connectivity index (χ3n) is 3.10. The van der Waals surface area contributed by atoms with Crippen molar-refractivity contribution in [3.8, 4) is 0 Å². The SMILES string of the molecule is CC(=O)c1c(C)cc(Cc2ccncc2)cc1C. The topological polar surface area (TPSA) is 30.0 Å². The Kier molecular flexibility index (Phi) is 3.56. The Bertz CT molecular complexity index is 550. The van der Waals surface area contributed by atoms with E-state index >= 15 is 0 Å². The molecule has 0 fully saturated rings. The van der Waals surface area contributed by atoms with Crippen LogP contribution in [0, 0.1) is 13.8 Å². The van der Waals surface area contributed by atoms with E-state index in [4.69, 9.17) is 0 Å². The van der Waals surface area contributed by atoms with Crippen molar-refractivity contribution in [3.63, 3.8) is 0 Å². The molecule has 0 N–H and O–H groups in total. The highest BCUT2D eigenvalue weighted by atomic mass is 16.1. The first-order valence-corrected chi connectivity index (χ1v) is 6.08. The summed E-state index contributed by atoms with van der Waals surface area (Å²) in [6.07, 6.45) is 4.49. The number of pyridine rings is 1. The maximum absolute atomic E-state index is 11.5. The Morgan fingerprint density at radius 1 is 1.06 bits per heavy atom. The van der Waals surface area contributed by atoms with Crippen LogP contribution in [0.25, 0.3) is 0 Å². The highest BCUT2D eigenvalue weighted by Crippen LogP contribution is 2.19. The molecule has 2 aromatic rings. The molecule has 1 aromatic carbocycles. The van der Waals surface area contributed by atoms with Gasteiger partial charge in [0.2, 0.25) is 0 Å². The predicted octanol–water partition coefficient (Wildman–Crippen LogP) is 3.49. The third-order valence-corrected chi connectivity index (χ3v) is 3.10. The molecule has 0 radical (unpaired) electrons. The van der Waals surface area contributed by atoms with E-state index in [0.29, 0.717) is 0 Å². The molecule has 2 rings (SSSR count). The first-order valence-electron chi connectivity index (χ1n) is 6.08. The van der Waals surface area contributed by atoms with Gasteiger partial charge in [-0.25, -0.2) is 0 Å². The second-order valence-electron chi connectivity index (χ2n) is 4.69. The lowest BCUT2D eigenvalue weighted by molar-refractivity contribution is 0.101. The van der Waals surface area contributed by atoms with Crippen molar-refractivity contribution in [3.05, 3.63) is 64.5 Å². The highest BCUT2D eigenvalue weighted by Gasteiger charge is 2.09. The van der Waals surface area contributed by atoms with E-state index in [1.807, 2.05) is 26.0 Å². The monoisotopic (exact) mass is 239 g/mol. The van der Waals surface area contributed by atoms with Gasteiger partial charge in [0.05, 0.1) is 0 Å². The van der Waals surface area contributed by atoms with Gasteiger partial charge in [-0.3, -0.25) is 9.78 Å². The van der Waals surface area contributed by atoms with E-state index in [2.05, 4.69) is 17.1 Å². The molecule has 92 valence electrons. The molecule has 18 heavy (non-hydrogen) atoms. The van der Waals surface area contributed by atoms with Gasteiger partial charge in [-0.2, -0.15) is 0 Å². The zero-order valence-corrected chi connectivity index (χ0v) is 11.0. The Morgan fingerprint density at radius 2 is 1.61 bits per heavy atom. The number of ketones is 1. The van der Waals surface area contributed by atoms with Crippen LogP contribution in [0.2, 0.25) is 0 Å². The summed E-state index contributed by atoms with van der Waals surface area (Å²) in [5.74, 6) is 0.139. The number of rotatable bonds is 3. The molecular weight excluding hydrogens is 222 g/mol. The van der Waals surface area contributed by atoms with Crippen molar-refractivity contribution in [1.29, 1.82) is 0 Å². The normalized spacial score (nSPS) is 10.4. The Morgan fingerprint density at radius 3 is 2.11 bits per heavy atom. The molecule has 0 spiro atoms. The molecule has 0 unspecified atom stereocenters. The standard InChI is InChI=1S/C16H17NO/c1-11-8-15(9-12(2)16(11)13(3)18)10-14-4-6-17-7-5-14/h4-9H,10H2,1-3H3. The second kappa shape index (κ2) is 5.13. The molecule has 0 aliphatic rings. The molecule has 1 heterocycles. The number of Topliss-reactive ketones (excluding diaryl/α,β-unsaturated/α-hetero) is 1. The highest BCUT2D eigenvalue weighted by molar-refractivity contribution is 5.97. The summed E-state index contributed by atoms with van der Waals surface area (Å²) in [4.78, 5) is 15.6. The number of hydrogen-bond donors (Lipinski definition) is 0. The number of nitrogens with zero attached hydrogens (tertiary/aromatic N) is 1. The summed E-state index contributed by atoms with van der Waals surface area (Å²) < 4.78 is 0. The van der Waals surface area contributed by atoms with E-state index in [-0.39, 0.29) is 5.78 Å². The van der Waals surface area contributed by atoms with Crippen LogP contribution in [0.15, 0.2) is 36.7 Å². The molecule has 0 aliphatic carbocycles. The lowest BCUT2D eigenvalue weighted by atomic mass is 9.94. The maximum Gasteiger partial charge on any atom is 0.160 e. The van der Waals surface area contributed by atoms with E-state index < -0.39 is 0 Å². The van der Waals surface area contributed by atoms with Gasteiger partial charge >= 0.3 is 0 Å². The number of carbonyl (C=O) groups is 1. The van der Waals surface area contributed by atoms with E-state index in [1.165, 1.54) is 11.1 Å². The van der Waals surface area contributed by atoms with Crippen LogP contribution in [0.1, 0.15) is 39.5 Å². The van der Waals surface area contributed by atoms with Crippen LogP contribution in [-0.2, 0) is 6.42 Å². The molecule has 0 saturated carbocycles. The number of aryl methyl sites for hydroxylation is 2. The van der Waals surface area contributed by atoms with Gasteiger partial charge in [0.1, 0.15) is 0 Å². The summed E-state index contributed by atoms with van der Waals surface area (Å²) in [6.45, 7) is 5.62. The second-order valence-corrected chi connectivity index (χ2v) is 4.69. The zero-order chi connectivity index (χ0) is 13.1. The van der Waals surface area contributed by atoms with Crippen LogP contribution >= 0.6 is 0 Å². The fourth-order valence-electron chi connectivity index (χ4n) is 2.45. The van der Waals surface area contributed by atoms with Crippen molar-refractivity contribution < 1.29 is 4.79 Å². The molecule has 2 heteroatoms. The Balaban J connectivity index is 2.34. The molecule has 0 aliphatic heterocycles. The third kappa shape index (κ3) is 2.65. The van der Waals surface area contributed by atoms with Gasteiger partial charge in [0, 0.05) is 18.0 Å². The fraction of sp³-hybridized carbons (Fsp3) is 0.250. The van der Waals surface area contributed by atoms with Crippen molar-refractivity contribution in [1.82, 2.24) is 4.98 Å². The summed E-state index contributed by atoms with van der Waals surface area (Å²) in [6, 6.07) is 8.24. The van der Waals surface area contributed by atoms with Crippen molar-refractivity contribution in [2.75, 3.05) is 0 Å². The Labute approximate surface area is 108 Å². The predicted molar refractivity (Wildman–Crippen MR) is 73.0 cm³/mol. The number of benzene rings is 1. The number of hydrogen-bond acceptors (Lipinski definition) is 2. The molecule has 1 aromatic heterocycles. The largest absolute Gasteiger partial charge is 0.294 e. The number of carbonyl (C=O) groups excluding carboxylic acids is 1. The molecule has 0 atom stereocenters. The number of aromatic nitrogens is 1. The van der Waals surface area contributed by atoms with E-state index in [9.17, 15) is 4.79 Å². The van der Waals surface area contributed by atoms with Crippen LogP contribution in [0.4, 0.5) is 0 Å². The minimum Gasteiger partial charge on any atom is -0.294 e. The van der Waals surface area contributed by atoms with E-state index in [0.717, 1.165) is 23.1 Å². The summed E-state index contributed by atoms with van der Waals surface area (Å²) >= 11 is 0. The maximum atomic E-state index is 11.5. The molecular formula is C16H17NO. The summed E-state index contributed by atoms with van der Waals surface area (Å²) in [7, 11) is 0. The van der Waals surface area contributed by atoms with Crippen molar-refractivity contribution >= 4 is 5.78 Å². The van der Waals surface area contributed by atoms with Crippen LogP contribution in [0.3, 0.4) is 0 Å². The average molecular weight is 239 g/mol. The van der Waals surface area contributed by atoms with E-state index in [1.54, 1.807) is 19.3 Å². The minimum atomic E-state index is 0.139. The van der Waals surface area contributed by atoms with Crippen molar-refractivity contribution in [2.45, 2.75) is 27.2 Å². The van der Waals surface area contributed by atoms with Crippen LogP contribution in [-0.4, -0.2) is 10.8 Å². The van der Waals surface area contributed by atoms with Crippen LogP contribution < -0.4 is 0 Å². The molecule has 0 amide bonds. The smallest absolute Gasteiger partial charge is 0.160 e. The summed E-state index contributed by atoms with van der Waals surface area (Å²) in [5.41, 5.74) is 5.45. The fourth-order valence-corrected chi connectivity index (χ4v) is 2.45. The lowest BCUT2D eigenvalue weighted by Gasteiger charge is -2.10. The minimum absolute atomic E-state index is 0.139. The van der Waals surface area contributed by atoms with Gasteiger partial charge in [-0.1, -0.05) is 12.1 Å². The van der Waals surface area contributed by atoms with Crippen molar-refractivity contribution in [2.24, 2.45) is 0 Å².